The molecule has 140 valence electrons. The zero-order valence-electron chi connectivity index (χ0n) is 15.0. The van der Waals surface area contributed by atoms with Crippen LogP contribution in [0.5, 0.6) is 5.75 Å². The van der Waals surface area contributed by atoms with Crippen molar-refractivity contribution in [1.29, 1.82) is 0 Å². The Hall–Kier alpha value is -2.57. The number of rotatable bonds is 5. The summed E-state index contributed by atoms with van der Waals surface area (Å²) in [6.07, 6.45) is 3.33. The number of aryl methyl sites for hydroxylation is 1. The number of anilines is 1. The Morgan fingerprint density at radius 1 is 1.35 bits per heavy atom. The summed E-state index contributed by atoms with van der Waals surface area (Å²) < 4.78 is 5.46. The number of nitrogens with zero attached hydrogens (tertiary/aromatic N) is 1. The molecule has 1 fully saturated rings. The van der Waals surface area contributed by atoms with E-state index in [-0.39, 0.29) is 30.7 Å². The van der Waals surface area contributed by atoms with Gasteiger partial charge < -0.3 is 20.3 Å². The molecule has 3 amide bonds. The Bertz CT molecular complexity index is 704. The van der Waals surface area contributed by atoms with Crippen LogP contribution < -0.4 is 20.3 Å². The molecule has 2 N–H and O–H groups in total. The number of nitrogens with one attached hydrogen (secondary N) is 2. The van der Waals surface area contributed by atoms with E-state index in [1.54, 1.807) is 4.90 Å². The minimum atomic E-state index is -0.446. The molecule has 0 unspecified atom stereocenters. The highest BCUT2D eigenvalue weighted by molar-refractivity contribution is 5.98. The molecule has 7 heteroatoms. The largest absolute Gasteiger partial charge is 0.482 e. The summed E-state index contributed by atoms with van der Waals surface area (Å²) in [7, 11) is 0. The van der Waals surface area contributed by atoms with E-state index >= 15 is 0 Å². The van der Waals surface area contributed by atoms with Crippen LogP contribution in [0.4, 0.5) is 5.69 Å². The predicted molar refractivity (Wildman–Crippen MR) is 97.1 cm³/mol. The van der Waals surface area contributed by atoms with Crippen molar-refractivity contribution in [2.24, 2.45) is 0 Å². The van der Waals surface area contributed by atoms with Crippen molar-refractivity contribution in [3.63, 3.8) is 0 Å². The van der Waals surface area contributed by atoms with Crippen LogP contribution in [0, 0.1) is 6.92 Å². The molecule has 0 aromatic heterocycles. The summed E-state index contributed by atoms with van der Waals surface area (Å²) in [6.45, 7) is 3.10. The first-order valence-electron chi connectivity index (χ1n) is 9.15. The average molecular weight is 359 g/mol. The number of benzene rings is 1. The fourth-order valence-electron chi connectivity index (χ4n) is 3.30. The first kappa shape index (κ1) is 18.2. The number of hydrogen-bond acceptors (Lipinski definition) is 4. The number of ether oxygens (including phenoxy) is 1. The van der Waals surface area contributed by atoms with Gasteiger partial charge in [0, 0.05) is 19.5 Å². The second-order valence-corrected chi connectivity index (χ2v) is 6.82. The molecule has 2 heterocycles. The van der Waals surface area contributed by atoms with E-state index < -0.39 is 6.04 Å². The standard InChI is InChI=1S/C19H25N3O4/c1-13-7-8-16-15(11-13)22(18(24)12-26-16)10-4-6-17(23)21-14-5-2-3-9-20-19(14)25/h7-8,11,14H,2-6,9-10,12H2,1H3,(H,20,25)(H,21,23)/t14-/m0/s1. The molecule has 0 spiro atoms. The lowest BCUT2D eigenvalue weighted by Crippen LogP contribution is -2.45. The lowest BCUT2D eigenvalue weighted by Gasteiger charge is -2.29. The number of carbonyl (C=O) groups excluding carboxylic acids is 3. The van der Waals surface area contributed by atoms with E-state index in [9.17, 15) is 14.4 Å². The zero-order chi connectivity index (χ0) is 18.5. The van der Waals surface area contributed by atoms with E-state index in [4.69, 9.17) is 4.74 Å². The third kappa shape index (κ3) is 4.33. The van der Waals surface area contributed by atoms with Crippen LogP contribution in [0.1, 0.15) is 37.7 Å². The van der Waals surface area contributed by atoms with Gasteiger partial charge in [0.05, 0.1) is 5.69 Å². The normalized spacial score (nSPS) is 19.9. The quantitative estimate of drug-likeness (QED) is 0.829. The van der Waals surface area contributed by atoms with E-state index in [0.717, 1.165) is 24.1 Å². The summed E-state index contributed by atoms with van der Waals surface area (Å²) in [4.78, 5) is 37.9. The first-order valence-corrected chi connectivity index (χ1v) is 9.15. The van der Waals surface area contributed by atoms with Gasteiger partial charge in [0.1, 0.15) is 11.8 Å². The van der Waals surface area contributed by atoms with Gasteiger partial charge in [-0.3, -0.25) is 14.4 Å². The molecule has 1 saturated heterocycles. The Balaban J connectivity index is 1.53. The van der Waals surface area contributed by atoms with Crippen molar-refractivity contribution in [1.82, 2.24) is 10.6 Å². The molecule has 2 aliphatic heterocycles. The topological polar surface area (TPSA) is 87.7 Å². The summed E-state index contributed by atoms with van der Waals surface area (Å²) in [5.74, 6) is 0.322. The van der Waals surface area contributed by atoms with Crippen molar-refractivity contribution in [3.05, 3.63) is 23.8 Å². The maximum Gasteiger partial charge on any atom is 0.265 e. The zero-order valence-corrected chi connectivity index (χ0v) is 15.0. The molecular weight excluding hydrogens is 334 g/mol. The van der Waals surface area contributed by atoms with Gasteiger partial charge in [-0.25, -0.2) is 0 Å². The number of hydrogen-bond donors (Lipinski definition) is 2. The monoisotopic (exact) mass is 359 g/mol. The average Bonchev–Trinajstić information content (AvgIpc) is 2.81. The molecule has 2 aliphatic rings. The highest BCUT2D eigenvalue weighted by Gasteiger charge is 2.26. The van der Waals surface area contributed by atoms with Crippen LogP contribution in [0.2, 0.25) is 0 Å². The third-order valence-electron chi connectivity index (χ3n) is 4.71. The van der Waals surface area contributed by atoms with Crippen molar-refractivity contribution in [3.8, 4) is 5.75 Å². The molecule has 0 aliphatic carbocycles. The van der Waals surface area contributed by atoms with Crippen molar-refractivity contribution in [2.45, 2.75) is 45.1 Å². The van der Waals surface area contributed by atoms with Crippen LogP contribution in [-0.4, -0.2) is 43.5 Å². The molecule has 0 saturated carbocycles. The fraction of sp³-hybridized carbons (Fsp3) is 0.526. The lowest BCUT2D eigenvalue weighted by atomic mass is 10.1. The van der Waals surface area contributed by atoms with E-state index in [1.807, 2.05) is 25.1 Å². The molecule has 3 rings (SSSR count). The first-order chi connectivity index (χ1) is 12.5. The third-order valence-corrected chi connectivity index (χ3v) is 4.71. The lowest BCUT2D eigenvalue weighted by molar-refractivity contribution is -0.128. The summed E-state index contributed by atoms with van der Waals surface area (Å²) in [6, 6.07) is 5.28. The molecule has 1 aromatic rings. The number of fused-ring (bicyclic) bond motifs is 1. The molecular formula is C19H25N3O4. The predicted octanol–water partition coefficient (Wildman–Crippen LogP) is 1.29. The van der Waals surface area contributed by atoms with Gasteiger partial charge in [0.15, 0.2) is 6.61 Å². The van der Waals surface area contributed by atoms with Gasteiger partial charge in [0.25, 0.3) is 5.91 Å². The number of amides is 3. The SMILES string of the molecule is Cc1ccc2c(c1)N(CCCC(=O)N[C@H]1CCCCNC1=O)C(=O)CO2. The molecule has 7 nitrogen and oxygen atoms in total. The summed E-state index contributed by atoms with van der Waals surface area (Å²) in [5, 5.41) is 5.62. The van der Waals surface area contributed by atoms with Crippen molar-refractivity contribution >= 4 is 23.4 Å². The van der Waals surface area contributed by atoms with Gasteiger partial charge >= 0.3 is 0 Å². The maximum atomic E-state index is 12.2. The van der Waals surface area contributed by atoms with Gasteiger partial charge in [-0.1, -0.05) is 6.07 Å². The molecule has 0 bridgehead atoms. The van der Waals surface area contributed by atoms with Crippen molar-refractivity contribution in [2.75, 3.05) is 24.6 Å². The van der Waals surface area contributed by atoms with Gasteiger partial charge in [0.2, 0.25) is 11.8 Å². The summed E-state index contributed by atoms with van der Waals surface area (Å²) in [5.41, 5.74) is 1.80. The Kier molecular flexibility index (Phi) is 5.75. The Labute approximate surface area is 153 Å². The second-order valence-electron chi connectivity index (χ2n) is 6.82. The summed E-state index contributed by atoms with van der Waals surface area (Å²) >= 11 is 0. The van der Waals surface area contributed by atoms with Crippen LogP contribution in [-0.2, 0) is 14.4 Å². The van der Waals surface area contributed by atoms with Crippen LogP contribution in [0.3, 0.4) is 0 Å². The number of carbonyl (C=O) groups is 3. The van der Waals surface area contributed by atoms with E-state index in [1.165, 1.54) is 0 Å². The molecule has 1 atom stereocenters. The second kappa shape index (κ2) is 8.21. The molecule has 26 heavy (non-hydrogen) atoms. The van der Waals surface area contributed by atoms with Crippen LogP contribution in [0.15, 0.2) is 18.2 Å². The minimum Gasteiger partial charge on any atom is -0.482 e. The smallest absolute Gasteiger partial charge is 0.265 e. The van der Waals surface area contributed by atoms with E-state index in [0.29, 0.717) is 31.7 Å². The minimum absolute atomic E-state index is 0.0184. The van der Waals surface area contributed by atoms with E-state index in [2.05, 4.69) is 10.6 Å². The van der Waals surface area contributed by atoms with Gasteiger partial charge in [-0.15, -0.1) is 0 Å². The molecule has 0 radical (unpaired) electrons. The maximum absolute atomic E-state index is 12.2. The van der Waals surface area contributed by atoms with Gasteiger partial charge in [-0.2, -0.15) is 0 Å². The Morgan fingerprint density at radius 2 is 2.19 bits per heavy atom. The van der Waals surface area contributed by atoms with Crippen LogP contribution in [0.25, 0.3) is 0 Å². The van der Waals surface area contributed by atoms with Crippen LogP contribution >= 0.6 is 0 Å². The van der Waals surface area contributed by atoms with Crippen molar-refractivity contribution < 1.29 is 19.1 Å². The van der Waals surface area contributed by atoms with Gasteiger partial charge in [-0.05, 0) is 50.3 Å². The fourth-order valence-corrected chi connectivity index (χ4v) is 3.30. The highest BCUT2D eigenvalue weighted by Crippen LogP contribution is 2.32. The molecule has 1 aromatic carbocycles. The Morgan fingerprint density at radius 3 is 3.04 bits per heavy atom. The highest BCUT2D eigenvalue weighted by atomic mass is 16.5.